The lowest BCUT2D eigenvalue weighted by Gasteiger charge is -2.15. The lowest BCUT2D eigenvalue weighted by Crippen LogP contribution is -2.15. The number of carboxylic acid groups (broad SMARTS) is 1. The summed E-state index contributed by atoms with van der Waals surface area (Å²) in [6, 6.07) is 0. The Morgan fingerprint density at radius 3 is 2.09 bits per heavy atom. The van der Waals surface area contributed by atoms with Gasteiger partial charge in [0.25, 0.3) is 0 Å². The third-order valence-electron chi connectivity index (χ3n) is 4.15. The fraction of sp³-hybridized carbons (Fsp3) is 0.615. The average molecular weight is 466 g/mol. The van der Waals surface area contributed by atoms with Gasteiger partial charge in [0.15, 0.2) is 0 Å². The second-order valence-electron chi connectivity index (χ2n) is 8.35. The molecule has 1 aliphatic rings. The lowest BCUT2D eigenvalue weighted by atomic mass is 9.91. The standard InChI is InChI=1S/C16H25NO3S.C7H14.C2H2.CH2O/c1-6-13(8-9-16(2,3)4)21-14(15(19)20)12-17(5)10-7-11-18;1-7-5-3-2-4-6-7;2*1-2/h6,12,18H,7,10-11H2,1-5H3,(H,19,20);7H,2-6H2,1H3;1-2H;1H2/b13-6-,14-12+;;;. The molecule has 0 saturated heterocycles. The van der Waals surface area contributed by atoms with Crippen LogP contribution in [0.25, 0.3) is 0 Å². The van der Waals surface area contributed by atoms with Crippen LogP contribution in [-0.2, 0) is 9.59 Å². The maximum Gasteiger partial charge on any atom is 0.344 e. The summed E-state index contributed by atoms with van der Waals surface area (Å²) in [5.74, 6) is 6.18. The minimum absolute atomic E-state index is 0.0882. The van der Waals surface area contributed by atoms with Crippen molar-refractivity contribution < 1.29 is 19.8 Å². The van der Waals surface area contributed by atoms with Gasteiger partial charge < -0.3 is 19.9 Å². The molecule has 0 heterocycles. The largest absolute Gasteiger partial charge is 0.477 e. The van der Waals surface area contributed by atoms with E-state index < -0.39 is 5.97 Å². The van der Waals surface area contributed by atoms with Crippen LogP contribution in [0.5, 0.6) is 0 Å². The van der Waals surface area contributed by atoms with Gasteiger partial charge in [0.05, 0.1) is 4.91 Å². The van der Waals surface area contributed by atoms with E-state index in [1.165, 1.54) is 32.1 Å². The Kier molecular flexibility index (Phi) is 23.8. The van der Waals surface area contributed by atoms with Crippen LogP contribution >= 0.6 is 11.8 Å². The molecule has 0 atom stereocenters. The highest BCUT2D eigenvalue weighted by molar-refractivity contribution is 8.07. The average Bonchev–Trinajstić information content (AvgIpc) is 2.77. The molecular weight excluding hydrogens is 422 g/mol. The molecule has 0 spiro atoms. The predicted octanol–water partition coefficient (Wildman–Crippen LogP) is 5.56. The Morgan fingerprint density at radius 2 is 1.75 bits per heavy atom. The minimum atomic E-state index is -0.979. The second kappa shape index (κ2) is 22.1. The van der Waals surface area contributed by atoms with Crippen molar-refractivity contribution in [2.75, 3.05) is 20.2 Å². The maximum atomic E-state index is 11.3. The fourth-order valence-electron chi connectivity index (χ4n) is 2.54. The maximum absolute atomic E-state index is 11.3. The smallest absolute Gasteiger partial charge is 0.344 e. The first-order valence-corrected chi connectivity index (χ1v) is 11.7. The summed E-state index contributed by atoms with van der Waals surface area (Å²) in [6.07, 6.45) is 19.4. The van der Waals surface area contributed by atoms with E-state index in [0.717, 1.165) is 17.7 Å². The van der Waals surface area contributed by atoms with Crippen molar-refractivity contribution in [3.05, 3.63) is 22.1 Å². The van der Waals surface area contributed by atoms with E-state index in [4.69, 9.17) is 9.90 Å². The predicted molar refractivity (Wildman–Crippen MR) is 138 cm³/mol. The van der Waals surface area contributed by atoms with E-state index in [1.807, 2.05) is 40.6 Å². The van der Waals surface area contributed by atoms with Gasteiger partial charge >= 0.3 is 5.97 Å². The van der Waals surface area contributed by atoms with Crippen molar-refractivity contribution in [3.8, 4) is 24.7 Å². The molecule has 0 radical (unpaired) electrons. The zero-order valence-corrected chi connectivity index (χ0v) is 21.6. The molecule has 0 amide bonds. The molecule has 0 aromatic heterocycles. The molecule has 182 valence electrons. The number of carbonyl (C=O) groups excluding carboxylic acids is 1. The molecule has 0 aliphatic heterocycles. The van der Waals surface area contributed by atoms with Gasteiger partial charge in [-0.3, -0.25) is 0 Å². The molecule has 1 saturated carbocycles. The molecule has 0 aromatic rings. The number of terminal acetylenes is 1. The second-order valence-corrected chi connectivity index (χ2v) is 9.44. The number of aliphatic carboxylic acids is 1. The van der Waals surface area contributed by atoms with Gasteiger partial charge in [0, 0.05) is 31.8 Å². The van der Waals surface area contributed by atoms with Gasteiger partial charge in [-0.25, -0.2) is 4.79 Å². The highest BCUT2D eigenvalue weighted by Crippen LogP contribution is 2.26. The summed E-state index contributed by atoms with van der Waals surface area (Å²) in [5, 5.41) is 18.1. The highest BCUT2D eigenvalue weighted by atomic mass is 32.2. The number of aliphatic hydroxyl groups excluding tert-OH is 1. The monoisotopic (exact) mass is 465 g/mol. The van der Waals surface area contributed by atoms with Crippen LogP contribution in [0.3, 0.4) is 0 Å². The Balaban J connectivity index is -0.000000628. The lowest BCUT2D eigenvalue weighted by molar-refractivity contribution is -0.131. The Labute approximate surface area is 200 Å². The number of rotatable bonds is 7. The Morgan fingerprint density at radius 1 is 1.22 bits per heavy atom. The van der Waals surface area contributed by atoms with Crippen molar-refractivity contribution >= 4 is 24.5 Å². The molecule has 1 fully saturated rings. The molecule has 1 rings (SSSR count). The van der Waals surface area contributed by atoms with E-state index in [-0.39, 0.29) is 16.9 Å². The van der Waals surface area contributed by atoms with Crippen LogP contribution in [0.2, 0.25) is 0 Å². The van der Waals surface area contributed by atoms with Crippen molar-refractivity contribution in [1.29, 1.82) is 0 Å². The molecule has 32 heavy (non-hydrogen) atoms. The quantitative estimate of drug-likeness (QED) is 0.378. The third kappa shape index (κ3) is 22.5. The molecular formula is C26H43NO4S. The summed E-state index contributed by atoms with van der Waals surface area (Å²) < 4.78 is 0. The zero-order valence-electron chi connectivity index (χ0n) is 20.8. The van der Waals surface area contributed by atoms with E-state index in [0.29, 0.717) is 17.9 Å². The molecule has 2 N–H and O–H groups in total. The normalized spacial score (nSPS) is 14.0. The molecule has 6 heteroatoms. The van der Waals surface area contributed by atoms with Crippen molar-refractivity contribution in [2.24, 2.45) is 11.3 Å². The number of hydrogen-bond donors (Lipinski definition) is 2. The molecule has 0 bridgehead atoms. The van der Waals surface area contributed by atoms with E-state index in [2.05, 4.69) is 31.6 Å². The number of thioether (sulfide) groups is 1. The van der Waals surface area contributed by atoms with Gasteiger partial charge in [-0.15, -0.1) is 12.8 Å². The minimum Gasteiger partial charge on any atom is -0.477 e. The van der Waals surface area contributed by atoms with Crippen LogP contribution in [0, 0.1) is 36.0 Å². The van der Waals surface area contributed by atoms with Crippen LogP contribution in [0.4, 0.5) is 0 Å². The first kappa shape index (κ1) is 34.5. The molecule has 0 unspecified atom stereocenters. The van der Waals surface area contributed by atoms with Gasteiger partial charge in [0.1, 0.15) is 11.7 Å². The van der Waals surface area contributed by atoms with Crippen molar-refractivity contribution in [3.63, 3.8) is 0 Å². The van der Waals surface area contributed by atoms with Crippen LogP contribution in [-0.4, -0.2) is 48.1 Å². The van der Waals surface area contributed by atoms with E-state index in [9.17, 15) is 9.90 Å². The molecule has 5 nitrogen and oxygen atoms in total. The SMILES string of the molecule is C#C.C/C=C(/C#CC(C)(C)C)S/C(=C/N(C)CCCO)C(=O)O.C=O.CC1CCCCC1. The van der Waals surface area contributed by atoms with E-state index in [1.54, 1.807) is 18.1 Å². The van der Waals surface area contributed by atoms with Gasteiger partial charge in [-0.05, 0) is 40.0 Å². The summed E-state index contributed by atoms with van der Waals surface area (Å²) in [6.45, 7) is 12.9. The molecule has 1 aliphatic carbocycles. The third-order valence-corrected chi connectivity index (χ3v) is 5.21. The zero-order chi connectivity index (χ0) is 25.6. The van der Waals surface area contributed by atoms with Gasteiger partial charge in [-0.2, -0.15) is 0 Å². The highest BCUT2D eigenvalue weighted by Gasteiger charge is 2.12. The van der Waals surface area contributed by atoms with Gasteiger partial charge in [0.2, 0.25) is 0 Å². The van der Waals surface area contributed by atoms with E-state index >= 15 is 0 Å². The fourth-order valence-corrected chi connectivity index (χ4v) is 3.32. The van der Waals surface area contributed by atoms with Crippen LogP contribution in [0.15, 0.2) is 22.1 Å². The summed E-state index contributed by atoms with van der Waals surface area (Å²) in [5.41, 5.74) is -0.125. The topological polar surface area (TPSA) is 77.8 Å². The van der Waals surface area contributed by atoms with Crippen LogP contribution < -0.4 is 0 Å². The number of allylic oxidation sites excluding steroid dienone is 2. The summed E-state index contributed by atoms with van der Waals surface area (Å²) in [4.78, 5) is 22.0. The number of aliphatic hydroxyl groups is 1. The molecule has 0 aromatic carbocycles. The van der Waals surface area contributed by atoms with Gasteiger partial charge in [-0.1, -0.05) is 68.7 Å². The number of nitrogens with zero attached hydrogens (tertiary/aromatic N) is 1. The Bertz CT molecular complexity index is 630. The summed E-state index contributed by atoms with van der Waals surface area (Å²) >= 11 is 1.15. The number of carbonyl (C=O) groups is 2. The number of carboxylic acids is 1. The first-order chi connectivity index (χ1) is 15.1. The Hall–Kier alpha value is -2.15. The van der Waals surface area contributed by atoms with Crippen molar-refractivity contribution in [1.82, 2.24) is 4.90 Å². The van der Waals surface area contributed by atoms with Crippen LogP contribution in [0.1, 0.15) is 73.1 Å². The number of hydrogen-bond acceptors (Lipinski definition) is 5. The van der Waals surface area contributed by atoms with Crippen molar-refractivity contribution in [2.45, 2.75) is 73.1 Å². The first-order valence-electron chi connectivity index (χ1n) is 10.8. The summed E-state index contributed by atoms with van der Waals surface area (Å²) in [7, 11) is 1.79.